The molecule has 33 heavy (non-hydrogen) atoms. The van der Waals surface area contributed by atoms with Crippen molar-refractivity contribution >= 4 is 17.7 Å². The van der Waals surface area contributed by atoms with Gasteiger partial charge in [-0.2, -0.15) is 26.3 Å². The van der Waals surface area contributed by atoms with Crippen LogP contribution < -0.4 is 15.5 Å². The molecule has 8 nitrogen and oxygen atoms in total. The number of halogens is 6. The number of nitrogens with zero attached hydrogens (tertiary/aromatic N) is 3. The molecule has 2 aliphatic heterocycles. The van der Waals surface area contributed by atoms with Crippen molar-refractivity contribution in [2.45, 2.75) is 24.6 Å². The molecule has 0 bridgehead atoms. The second-order valence-corrected chi connectivity index (χ2v) is 7.47. The van der Waals surface area contributed by atoms with Gasteiger partial charge in [0.1, 0.15) is 11.6 Å². The van der Waals surface area contributed by atoms with Crippen LogP contribution in [0.15, 0.2) is 24.4 Å². The van der Waals surface area contributed by atoms with Gasteiger partial charge in [-0.15, -0.1) is 0 Å². The quantitative estimate of drug-likeness (QED) is 0.572. The molecule has 2 atom stereocenters. The minimum absolute atomic E-state index is 0.0282. The number of aliphatic hydroxyl groups is 1. The lowest BCUT2D eigenvalue weighted by molar-refractivity contribution is -0.206. The van der Waals surface area contributed by atoms with E-state index < -0.39 is 53.3 Å². The number of alkyl halides is 6. The SMILES string of the molecule is O=C1Nc2nccc(-c3cc(C(F)(F)F)cc(N4CCNCC(O)C4)n3)c2[C@H](C(F)(F)F)O1. The number of pyridine rings is 2. The van der Waals surface area contributed by atoms with Crippen molar-refractivity contribution in [3.8, 4) is 11.3 Å². The second kappa shape index (κ2) is 8.33. The van der Waals surface area contributed by atoms with E-state index in [0.29, 0.717) is 12.6 Å². The van der Waals surface area contributed by atoms with E-state index in [2.05, 4.69) is 20.0 Å². The fourth-order valence-electron chi connectivity index (χ4n) is 3.66. The molecule has 0 aliphatic carbocycles. The number of nitrogens with one attached hydrogen (secondary N) is 2. The summed E-state index contributed by atoms with van der Waals surface area (Å²) in [5.74, 6) is -0.654. The lowest BCUT2D eigenvalue weighted by Gasteiger charge is -2.29. The Labute approximate surface area is 182 Å². The minimum Gasteiger partial charge on any atom is -0.431 e. The second-order valence-electron chi connectivity index (χ2n) is 7.47. The molecule has 1 unspecified atom stereocenters. The molecule has 4 rings (SSSR count). The van der Waals surface area contributed by atoms with E-state index in [1.807, 2.05) is 5.32 Å². The zero-order chi connectivity index (χ0) is 24.0. The molecule has 3 N–H and O–H groups in total. The van der Waals surface area contributed by atoms with Crippen LogP contribution in [0.3, 0.4) is 0 Å². The summed E-state index contributed by atoms with van der Waals surface area (Å²) in [5.41, 5.74) is -2.54. The Balaban J connectivity index is 1.89. The smallest absolute Gasteiger partial charge is 0.430 e. The van der Waals surface area contributed by atoms with Crippen molar-refractivity contribution in [2.75, 3.05) is 36.4 Å². The first-order chi connectivity index (χ1) is 15.4. The summed E-state index contributed by atoms with van der Waals surface area (Å²) >= 11 is 0. The predicted octanol–water partition coefficient (Wildman–Crippen LogP) is 3.10. The van der Waals surface area contributed by atoms with Crippen LogP contribution in [0.1, 0.15) is 17.2 Å². The Hall–Kier alpha value is -3.13. The third kappa shape index (κ3) is 4.80. The van der Waals surface area contributed by atoms with E-state index >= 15 is 0 Å². The van der Waals surface area contributed by atoms with Gasteiger partial charge in [-0.3, -0.25) is 5.32 Å². The average Bonchev–Trinajstić information content (AvgIpc) is 2.95. The van der Waals surface area contributed by atoms with Crippen LogP contribution in [0.5, 0.6) is 0 Å². The lowest BCUT2D eigenvalue weighted by atomic mass is 9.98. The zero-order valence-electron chi connectivity index (χ0n) is 16.7. The van der Waals surface area contributed by atoms with Crippen molar-refractivity contribution in [2.24, 2.45) is 0 Å². The third-order valence-corrected chi connectivity index (χ3v) is 5.10. The van der Waals surface area contributed by atoms with Crippen LogP contribution in [0.4, 0.5) is 42.8 Å². The number of ether oxygens (including phenoxy) is 1. The van der Waals surface area contributed by atoms with E-state index in [1.54, 1.807) is 0 Å². The topological polar surface area (TPSA) is 99.6 Å². The molecule has 1 amide bonds. The van der Waals surface area contributed by atoms with Gasteiger partial charge in [-0.25, -0.2) is 14.8 Å². The molecule has 1 saturated heterocycles. The van der Waals surface area contributed by atoms with E-state index in [4.69, 9.17) is 0 Å². The molecule has 0 saturated carbocycles. The van der Waals surface area contributed by atoms with Crippen LogP contribution >= 0.6 is 0 Å². The number of carbonyl (C=O) groups excluding carboxylic acids is 1. The predicted molar refractivity (Wildman–Crippen MR) is 102 cm³/mol. The number of anilines is 2. The van der Waals surface area contributed by atoms with Gasteiger partial charge in [0.15, 0.2) is 0 Å². The Morgan fingerprint density at radius 2 is 1.94 bits per heavy atom. The number of amides is 1. The standard InChI is InChI=1S/C19H17F6N5O3/c20-18(21,22)9-5-12(28-13(6-9)30-4-3-26-7-10(31)8-30)11-1-2-27-16-14(11)15(19(23,24)25)33-17(32)29-16/h1-2,5-6,10,15,26,31H,3-4,7-8H2,(H,27,29,32)/t10?,15-/m1/s1. The Morgan fingerprint density at radius 1 is 1.18 bits per heavy atom. The maximum Gasteiger partial charge on any atom is 0.430 e. The number of aliphatic hydroxyl groups excluding tert-OH is 1. The van der Waals surface area contributed by atoms with E-state index in [9.17, 15) is 36.2 Å². The highest BCUT2D eigenvalue weighted by Gasteiger charge is 2.49. The van der Waals surface area contributed by atoms with Crippen molar-refractivity contribution in [3.63, 3.8) is 0 Å². The fourth-order valence-corrected chi connectivity index (χ4v) is 3.66. The first-order valence-electron chi connectivity index (χ1n) is 9.70. The van der Waals surface area contributed by atoms with Crippen LogP contribution in [-0.2, 0) is 10.9 Å². The molecular formula is C19H17F6N5O3. The van der Waals surface area contributed by atoms with Gasteiger partial charge in [0.2, 0.25) is 6.10 Å². The summed E-state index contributed by atoms with van der Waals surface area (Å²) in [6.45, 7) is 0.763. The number of rotatable bonds is 2. The fraction of sp³-hybridized carbons (Fsp3) is 0.421. The molecule has 0 aromatic carbocycles. The molecular weight excluding hydrogens is 460 g/mol. The number of hydrogen-bond donors (Lipinski definition) is 3. The number of cyclic esters (lactones) is 1. The van der Waals surface area contributed by atoms with Crippen LogP contribution in [-0.4, -0.2) is 59.6 Å². The highest BCUT2D eigenvalue weighted by atomic mass is 19.4. The molecule has 2 aromatic heterocycles. The summed E-state index contributed by atoms with van der Waals surface area (Å²) in [5, 5.41) is 15.0. The monoisotopic (exact) mass is 477 g/mol. The summed E-state index contributed by atoms with van der Waals surface area (Å²) in [6, 6.07) is 2.47. The first kappa shape index (κ1) is 23.0. The third-order valence-electron chi connectivity index (χ3n) is 5.10. The summed E-state index contributed by atoms with van der Waals surface area (Å²) in [6.07, 6.45) is -13.8. The van der Waals surface area contributed by atoms with Crippen LogP contribution in [0.25, 0.3) is 11.3 Å². The van der Waals surface area contributed by atoms with E-state index in [-0.39, 0.29) is 31.0 Å². The van der Waals surface area contributed by atoms with Crippen molar-refractivity contribution < 1.29 is 41.0 Å². The molecule has 2 aromatic rings. The van der Waals surface area contributed by atoms with Crippen LogP contribution in [0, 0.1) is 0 Å². The highest BCUT2D eigenvalue weighted by Crippen LogP contribution is 2.46. The maximum absolute atomic E-state index is 13.7. The number of fused-ring (bicyclic) bond motifs is 1. The molecule has 178 valence electrons. The van der Waals surface area contributed by atoms with Gasteiger partial charge in [0.05, 0.1) is 22.9 Å². The van der Waals surface area contributed by atoms with Gasteiger partial charge in [0.25, 0.3) is 0 Å². The Bertz CT molecular complexity index is 1060. The molecule has 2 aliphatic rings. The van der Waals surface area contributed by atoms with Gasteiger partial charge >= 0.3 is 18.4 Å². The molecule has 1 fully saturated rings. The van der Waals surface area contributed by atoms with Gasteiger partial charge < -0.3 is 20.1 Å². The number of hydrogen-bond acceptors (Lipinski definition) is 7. The molecule has 4 heterocycles. The molecule has 0 radical (unpaired) electrons. The van der Waals surface area contributed by atoms with Crippen molar-refractivity contribution in [1.29, 1.82) is 0 Å². The van der Waals surface area contributed by atoms with Gasteiger partial charge in [0, 0.05) is 37.9 Å². The van der Waals surface area contributed by atoms with Crippen molar-refractivity contribution in [3.05, 3.63) is 35.5 Å². The number of β-amino-alcohol motifs (C(OH)–C–C–N with tert-alkyl or cyclic N) is 1. The molecule has 0 spiro atoms. The van der Waals surface area contributed by atoms with Crippen molar-refractivity contribution in [1.82, 2.24) is 15.3 Å². The lowest BCUT2D eigenvalue weighted by Crippen LogP contribution is -2.34. The minimum atomic E-state index is -5.05. The van der Waals surface area contributed by atoms with Gasteiger partial charge in [-0.1, -0.05) is 0 Å². The zero-order valence-corrected chi connectivity index (χ0v) is 16.7. The molecule has 14 heteroatoms. The Morgan fingerprint density at radius 3 is 2.64 bits per heavy atom. The summed E-state index contributed by atoms with van der Waals surface area (Å²) < 4.78 is 86.3. The van der Waals surface area contributed by atoms with Gasteiger partial charge in [-0.05, 0) is 18.2 Å². The van der Waals surface area contributed by atoms with E-state index in [1.165, 1.54) is 4.90 Å². The average molecular weight is 477 g/mol. The Kier molecular flexibility index (Phi) is 5.82. The van der Waals surface area contributed by atoms with Crippen LogP contribution in [0.2, 0.25) is 0 Å². The number of aromatic nitrogens is 2. The number of carbonyl (C=O) groups is 1. The largest absolute Gasteiger partial charge is 0.431 e. The highest BCUT2D eigenvalue weighted by molar-refractivity contribution is 5.89. The summed E-state index contributed by atoms with van der Waals surface area (Å²) in [7, 11) is 0. The first-order valence-corrected chi connectivity index (χ1v) is 9.70. The normalized spacial score (nSPS) is 21.7. The maximum atomic E-state index is 13.7. The van der Waals surface area contributed by atoms with E-state index in [0.717, 1.165) is 18.3 Å². The summed E-state index contributed by atoms with van der Waals surface area (Å²) in [4.78, 5) is 20.9.